The summed E-state index contributed by atoms with van der Waals surface area (Å²) in [6, 6.07) is 15.1. The second kappa shape index (κ2) is 9.34. The zero-order valence-electron chi connectivity index (χ0n) is 16.6. The van der Waals surface area contributed by atoms with E-state index in [1.54, 1.807) is 42.7 Å². The zero-order valence-corrected chi connectivity index (χ0v) is 17.4. The van der Waals surface area contributed by atoms with Crippen LogP contribution in [0.4, 0.5) is 5.69 Å². The van der Waals surface area contributed by atoms with Gasteiger partial charge in [0.05, 0.1) is 12.8 Å². The van der Waals surface area contributed by atoms with Crippen LogP contribution in [0, 0.1) is 13.8 Å². The summed E-state index contributed by atoms with van der Waals surface area (Å²) < 4.78 is 5.11. The molecule has 1 aromatic heterocycles. The molecular formula is C22H23N3O3S. The molecule has 2 N–H and O–H groups in total. The summed E-state index contributed by atoms with van der Waals surface area (Å²) in [6.07, 6.45) is 0.619. The first kappa shape index (κ1) is 20.5. The Bertz CT molecular complexity index is 1010. The lowest BCUT2D eigenvalue weighted by molar-refractivity contribution is -0.136. The van der Waals surface area contributed by atoms with Gasteiger partial charge < -0.3 is 15.4 Å². The Morgan fingerprint density at radius 1 is 1.07 bits per heavy atom. The molecule has 0 atom stereocenters. The molecule has 0 fully saturated rings. The third kappa shape index (κ3) is 5.42. The fraction of sp³-hybridized carbons (Fsp3) is 0.227. The van der Waals surface area contributed by atoms with Crippen LogP contribution in [-0.2, 0) is 16.0 Å². The van der Waals surface area contributed by atoms with Crippen LogP contribution in [0.25, 0.3) is 10.6 Å². The van der Waals surface area contributed by atoms with Crippen LogP contribution in [0.2, 0.25) is 0 Å². The van der Waals surface area contributed by atoms with Gasteiger partial charge in [-0.3, -0.25) is 9.59 Å². The van der Waals surface area contributed by atoms with Crippen LogP contribution in [0.1, 0.15) is 16.1 Å². The highest BCUT2D eigenvalue weighted by molar-refractivity contribution is 7.15. The van der Waals surface area contributed by atoms with Crippen LogP contribution in [0.5, 0.6) is 5.75 Å². The number of carbonyl (C=O) groups is 2. The Labute approximate surface area is 173 Å². The van der Waals surface area contributed by atoms with Crippen LogP contribution < -0.4 is 15.4 Å². The lowest BCUT2D eigenvalue weighted by Gasteiger charge is -2.07. The summed E-state index contributed by atoms with van der Waals surface area (Å²) in [6.45, 7) is 4.37. The molecule has 2 aromatic carbocycles. The quantitative estimate of drug-likeness (QED) is 0.608. The number of hydrogen-bond acceptors (Lipinski definition) is 5. The molecule has 0 bridgehead atoms. The number of carbonyl (C=O) groups excluding carboxylic acids is 2. The van der Waals surface area contributed by atoms with Gasteiger partial charge in [-0.25, -0.2) is 4.98 Å². The first-order chi connectivity index (χ1) is 14.0. The van der Waals surface area contributed by atoms with Crippen LogP contribution in [-0.4, -0.2) is 30.5 Å². The third-order valence-corrected chi connectivity index (χ3v) is 5.63. The number of aryl methyl sites for hydroxylation is 2. The number of benzene rings is 2. The fourth-order valence-electron chi connectivity index (χ4n) is 2.74. The minimum absolute atomic E-state index is 0.362. The lowest BCUT2D eigenvalue weighted by Crippen LogP contribution is -2.36. The van der Waals surface area contributed by atoms with E-state index in [0.29, 0.717) is 24.4 Å². The zero-order chi connectivity index (χ0) is 20.8. The van der Waals surface area contributed by atoms with Gasteiger partial charge >= 0.3 is 11.8 Å². The van der Waals surface area contributed by atoms with Crippen molar-refractivity contribution < 1.29 is 14.3 Å². The number of aromatic nitrogens is 1. The second-order valence-electron chi connectivity index (χ2n) is 6.59. The SMILES string of the molecule is COc1cccc(NC(=O)C(=O)NCCc2sc(-c3ccc(C)cc3)nc2C)c1. The highest BCUT2D eigenvalue weighted by Gasteiger charge is 2.15. The predicted octanol–water partition coefficient (Wildman–Crippen LogP) is 3.73. The molecule has 3 rings (SSSR count). The average Bonchev–Trinajstić information content (AvgIpc) is 3.09. The summed E-state index contributed by atoms with van der Waals surface area (Å²) in [4.78, 5) is 29.9. The first-order valence-electron chi connectivity index (χ1n) is 9.23. The molecular weight excluding hydrogens is 386 g/mol. The molecule has 2 amide bonds. The number of ether oxygens (including phenoxy) is 1. The van der Waals surface area contributed by atoms with E-state index in [-0.39, 0.29) is 0 Å². The monoisotopic (exact) mass is 409 g/mol. The first-order valence-corrected chi connectivity index (χ1v) is 10.0. The van der Waals surface area contributed by atoms with Crippen LogP contribution in [0.3, 0.4) is 0 Å². The maximum atomic E-state index is 12.1. The van der Waals surface area contributed by atoms with E-state index in [9.17, 15) is 9.59 Å². The summed E-state index contributed by atoms with van der Waals surface area (Å²) in [5.41, 5.74) is 3.74. The van der Waals surface area contributed by atoms with Crippen molar-refractivity contribution in [2.75, 3.05) is 19.0 Å². The smallest absolute Gasteiger partial charge is 0.313 e. The second-order valence-corrected chi connectivity index (χ2v) is 7.67. The van der Waals surface area contributed by atoms with E-state index < -0.39 is 11.8 Å². The maximum absolute atomic E-state index is 12.1. The van der Waals surface area contributed by atoms with Crippen molar-refractivity contribution in [3.05, 3.63) is 64.7 Å². The Hall–Kier alpha value is -3.19. The number of nitrogens with zero attached hydrogens (tertiary/aromatic N) is 1. The topological polar surface area (TPSA) is 80.3 Å². The highest BCUT2D eigenvalue weighted by atomic mass is 32.1. The summed E-state index contributed by atoms with van der Waals surface area (Å²) in [5, 5.41) is 6.18. The normalized spacial score (nSPS) is 10.4. The van der Waals surface area contributed by atoms with E-state index in [1.807, 2.05) is 6.92 Å². The van der Waals surface area contributed by atoms with Crippen molar-refractivity contribution in [1.29, 1.82) is 0 Å². The molecule has 0 spiro atoms. The van der Waals surface area contributed by atoms with Crippen molar-refractivity contribution in [2.24, 2.45) is 0 Å². The molecule has 0 saturated heterocycles. The predicted molar refractivity (Wildman–Crippen MR) is 115 cm³/mol. The summed E-state index contributed by atoms with van der Waals surface area (Å²) in [7, 11) is 1.54. The van der Waals surface area contributed by atoms with Gasteiger partial charge in [0, 0.05) is 35.2 Å². The number of hydrogen-bond donors (Lipinski definition) is 2. The standard InChI is InChI=1S/C22H23N3O3S/c1-14-7-9-16(10-8-14)22-24-15(2)19(29-22)11-12-23-20(26)21(27)25-17-5-4-6-18(13-17)28-3/h4-10,13H,11-12H2,1-3H3,(H,23,26)(H,25,27). The maximum Gasteiger partial charge on any atom is 0.313 e. The minimum Gasteiger partial charge on any atom is -0.497 e. The lowest BCUT2D eigenvalue weighted by atomic mass is 10.2. The van der Waals surface area contributed by atoms with E-state index in [4.69, 9.17) is 4.74 Å². The van der Waals surface area contributed by atoms with Crippen molar-refractivity contribution in [2.45, 2.75) is 20.3 Å². The van der Waals surface area contributed by atoms with Crippen molar-refractivity contribution >= 4 is 28.8 Å². The largest absolute Gasteiger partial charge is 0.497 e. The molecule has 0 aliphatic heterocycles. The number of nitrogens with one attached hydrogen (secondary N) is 2. The van der Waals surface area contributed by atoms with Gasteiger partial charge in [0.15, 0.2) is 0 Å². The molecule has 7 heteroatoms. The highest BCUT2D eigenvalue weighted by Crippen LogP contribution is 2.28. The van der Waals surface area contributed by atoms with Gasteiger partial charge in [-0.05, 0) is 26.0 Å². The molecule has 29 heavy (non-hydrogen) atoms. The van der Waals surface area contributed by atoms with Crippen molar-refractivity contribution in [1.82, 2.24) is 10.3 Å². The number of thiazole rings is 1. The number of rotatable bonds is 6. The van der Waals surface area contributed by atoms with E-state index >= 15 is 0 Å². The summed E-state index contributed by atoms with van der Waals surface area (Å²) in [5.74, 6) is -0.776. The van der Waals surface area contributed by atoms with Crippen molar-refractivity contribution in [3.8, 4) is 16.3 Å². The minimum atomic E-state index is -0.709. The molecule has 0 unspecified atom stereocenters. The molecule has 0 saturated carbocycles. The Kier molecular flexibility index (Phi) is 6.61. The molecule has 3 aromatic rings. The Balaban J connectivity index is 1.53. The molecule has 0 aliphatic rings. The van der Waals surface area contributed by atoms with Crippen molar-refractivity contribution in [3.63, 3.8) is 0 Å². The molecule has 0 aliphatic carbocycles. The number of anilines is 1. The Morgan fingerprint density at radius 2 is 1.83 bits per heavy atom. The van der Waals surface area contributed by atoms with E-state index in [0.717, 1.165) is 21.1 Å². The van der Waals surface area contributed by atoms with Gasteiger partial charge in [-0.15, -0.1) is 11.3 Å². The fourth-order valence-corrected chi connectivity index (χ4v) is 3.81. The van der Waals surface area contributed by atoms with E-state index in [1.165, 1.54) is 5.56 Å². The third-order valence-electron chi connectivity index (χ3n) is 4.36. The van der Waals surface area contributed by atoms with E-state index in [2.05, 4.69) is 46.8 Å². The molecule has 150 valence electrons. The number of methoxy groups -OCH3 is 1. The van der Waals surface area contributed by atoms with Gasteiger partial charge in [-0.2, -0.15) is 0 Å². The Morgan fingerprint density at radius 3 is 2.55 bits per heavy atom. The van der Waals surface area contributed by atoms with Crippen LogP contribution in [0.15, 0.2) is 48.5 Å². The molecule has 0 radical (unpaired) electrons. The van der Waals surface area contributed by atoms with Gasteiger partial charge in [-0.1, -0.05) is 35.9 Å². The van der Waals surface area contributed by atoms with Gasteiger partial charge in [0.25, 0.3) is 0 Å². The van der Waals surface area contributed by atoms with Crippen LogP contribution >= 0.6 is 11.3 Å². The van der Waals surface area contributed by atoms with Gasteiger partial charge in [0.2, 0.25) is 0 Å². The average molecular weight is 410 g/mol. The summed E-state index contributed by atoms with van der Waals surface area (Å²) >= 11 is 1.61. The molecule has 6 nitrogen and oxygen atoms in total. The molecule has 1 heterocycles. The van der Waals surface area contributed by atoms with Gasteiger partial charge in [0.1, 0.15) is 10.8 Å². The number of amides is 2.